The number of carboxylic acid groups (broad SMARTS) is 1. The lowest BCUT2D eigenvalue weighted by molar-refractivity contribution is -0.142. The van der Waals surface area contributed by atoms with E-state index in [2.05, 4.69) is 0 Å². The summed E-state index contributed by atoms with van der Waals surface area (Å²) >= 11 is 0. The van der Waals surface area contributed by atoms with Crippen molar-refractivity contribution in [3.05, 3.63) is 29.3 Å². The molecule has 2 atom stereocenters. The highest BCUT2D eigenvalue weighted by Gasteiger charge is 2.38. The third-order valence-electron chi connectivity index (χ3n) is 3.06. The predicted molar refractivity (Wildman–Crippen MR) is 57.6 cm³/mol. The number of halogens is 2. The van der Waals surface area contributed by atoms with Gasteiger partial charge >= 0.3 is 5.97 Å². The molecule has 0 amide bonds. The van der Waals surface area contributed by atoms with Crippen LogP contribution < -0.4 is 4.74 Å². The Morgan fingerprint density at radius 2 is 2.00 bits per heavy atom. The molecular formula is C12H12F2O4. The first kappa shape index (κ1) is 12.8. The zero-order chi connectivity index (χ0) is 13.3. The van der Waals surface area contributed by atoms with Crippen LogP contribution in [-0.4, -0.2) is 31.4 Å². The van der Waals surface area contributed by atoms with Crippen LogP contribution in [0, 0.1) is 17.6 Å². The molecule has 0 radical (unpaired) electrons. The summed E-state index contributed by atoms with van der Waals surface area (Å²) < 4.78 is 37.4. The molecule has 0 bridgehead atoms. The van der Waals surface area contributed by atoms with Gasteiger partial charge in [0.25, 0.3) is 0 Å². The Balaban J connectivity index is 2.41. The van der Waals surface area contributed by atoms with Crippen LogP contribution in [0.25, 0.3) is 0 Å². The minimum atomic E-state index is -1.12. The molecule has 0 unspecified atom stereocenters. The Labute approximate surface area is 102 Å². The number of ether oxygens (including phenoxy) is 2. The van der Waals surface area contributed by atoms with E-state index in [9.17, 15) is 13.6 Å². The largest absolute Gasteiger partial charge is 0.497 e. The summed E-state index contributed by atoms with van der Waals surface area (Å²) in [5.41, 5.74) is -0.249. The highest BCUT2D eigenvalue weighted by Crippen LogP contribution is 2.35. The number of carbonyl (C=O) groups is 1. The second-order valence-corrected chi connectivity index (χ2v) is 4.09. The lowest BCUT2D eigenvalue weighted by Crippen LogP contribution is -2.22. The Hall–Kier alpha value is -1.69. The molecule has 1 aliphatic rings. The number of aliphatic carboxylic acids is 1. The molecule has 0 aliphatic carbocycles. The van der Waals surface area contributed by atoms with Crippen molar-refractivity contribution in [2.75, 3.05) is 20.3 Å². The van der Waals surface area contributed by atoms with Gasteiger partial charge in [0.15, 0.2) is 0 Å². The van der Waals surface area contributed by atoms with Gasteiger partial charge in [0.1, 0.15) is 17.4 Å². The van der Waals surface area contributed by atoms with E-state index in [0.717, 1.165) is 12.1 Å². The molecule has 1 fully saturated rings. The van der Waals surface area contributed by atoms with Crippen LogP contribution in [0.15, 0.2) is 12.1 Å². The highest BCUT2D eigenvalue weighted by atomic mass is 19.1. The van der Waals surface area contributed by atoms with Crippen LogP contribution in [-0.2, 0) is 9.53 Å². The van der Waals surface area contributed by atoms with Crippen molar-refractivity contribution in [2.24, 2.45) is 5.92 Å². The lowest BCUT2D eigenvalue weighted by atomic mass is 9.88. The fraction of sp³-hybridized carbons (Fsp3) is 0.417. The molecular weight excluding hydrogens is 246 g/mol. The summed E-state index contributed by atoms with van der Waals surface area (Å²) in [6, 6.07) is 2.07. The predicted octanol–water partition coefficient (Wildman–Crippen LogP) is 1.79. The van der Waals surface area contributed by atoms with Crippen molar-refractivity contribution < 1.29 is 28.2 Å². The molecule has 0 saturated carbocycles. The van der Waals surface area contributed by atoms with Crippen molar-refractivity contribution in [2.45, 2.75) is 5.92 Å². The zero-order valence-electron chi connectivity index (χ0n) is 9.65. The van der Waals surface area contributed by atoms with Crippen molar-refractivity contribution >= 4 is 5.97 Å². The minimum absolute atomic E-state index is 0.00284. The van der Waals surface area contributed by atoms with Gasteiger partial charge in [-0.2, -0.15) is 0 Å². The van der Waals surface area contributed by atoms with Gasteiger partial charge in [-0.3, -0.25) is 4.79 Å². The van der Waals surface area contributed by atoms with Crippen LogP contribution in [0.1, 0.15) is 11.5 Å². The highest BCUT2D eigenvalue weighted by molar-refractivity contribution is 5.72. The number of hydrogen-bond donors (Lipinski definition) is 1. The number of benzene rings is 1. The van der Waals surface area contributed by atoms with Gasteiger partial charge in [0.05, 0.1) is 26.2 Å². The fourth-order valence-corrected chi connectivity index (χ4v) is 2.12. The maximum absolute atomic E-state index is 13.8. The molecule has 98 valence electrons. The number of rotatable bonds is 3. The van der Waals surface area contributed by atoms with Gasteiger partial charge in [-0.1, -0.05) is 0 Å². The molecule has 1 aromatic rings. The summed E-state index contributed by atoms with van der Waals surface area (Å²) in [4.78, 5) is 11.0. The standard InChI is InChI=1S/C12H12F2O4/c1-17-6-2-9(13)11(10(14)3-6)7-4-18-5-8(7)12(15)16/h2-3,7-8H,4-5H2,1H3,(H,15,16)/t7-,8+/m1/s1. The van der Waals surface area contributed by atoms with E-state index in [1.54, 1.807) is 0 Å². The first-order chi connectivity index (χ1) is 8.54. The monoisotopic (exact) mass is 258 g/mol. The van der Waals surface area contributed by atoms with Gasteiger partial charge in [0, 0.05) is 23.6 Å². The maximum atomic E-state index is 13.8. The maximum Gasteiger partial charge on any atom is 0.309 e. The summed E-state index contributed by atoms with van der Waals surface area (Å²) in [5.74, 6) is -4.43. The smallest absolute Gasteiger partial charge is 0.309 e. The molecule has 1 heterocycles. The molecule has 1 aliphatic heterocycles. The normalized spacial score (nSPS) is 23.1. The SMILES string of the molecule is COc1cc(F)c([C@@H]2COC[C@@H]2C(=O)O)c(F)c1. The van der Waals surface area contributed by atoms with Crippen molar-refractivity contribution in [1.82, 2.24) is 0 Å². The van der Waals surface area contributed by atoms with Crippen LogP contribution in [0.3, 0.4) is 0 Å². The third-order valence-corrected chi connectivity index (χ3v) is 3.06. The Bertz CT molecular complexity index is 452. The summed E-state index contributed by atoms with van der Waals surface area (Å²) in [5, 5.41) is 8.98. The van der Waals surface area contributed by atoms with E-state index in [1.807, 2.05) is 0 Å². The van der Waals surface area contributed by atoms with Crippen LogP contribution in [0.4, 0.5) is 8.78 Å². The summed E-state index contributed by atoms with van der Waals surface area (Å²) in [7, 11) is 1.30. The Kier molecular flexibility index (Phi) is 3.47. The van der Waals surface area contributed by atoms with Gasteiger partial charge < -0.3 is 14.6 Å². The second-order valence-electron chi connectivity index (χ2n) is 4.09. The fourth-order valence-electron chi connectivity index (χ4n) is 2.12. The van der Waals surface area contributed by atoms with Gasteiger partial charge in [-0.25, -0.2) is 8.78 Å². The number of carboxylic acids is 1. The zero-order valence-corrected chi connectivity index (χ0v) is 9.65. The Morgan fingerprint density at radius 1 is 1.39 bits per heavy atom. The first-order valence-electron chi connectivity index (χ1n) is 5.38. The van der Waals surface area contributed by atoms with Crippen LogP contribution in [0.5, 0.6) is 5.75 Å². The molecule has 0 spiro atoms. The molecule has 2 rings (SSSR count). The summed E-state index contributed by atoms with van der Waals surface area (Å²) in [6.07, 6.45) is 0. The molecule has 18 heavy (non-hydrogen) atoms. The quantitative estimate of drug-likeness (QED) is 0.898. The lowest BCUT2D eigenvalue weighted by Gasteiger charge is -2.16. The van der Waals surface area contributed by atoms with E-state index < -0.39 is 29.4 Å². The van der Waals surface area contributed by atoms with E-state index >= 15 is 0 Å². The third kappa shape index (κ3) is 2.15. The van der Waals surface area contributed by atoms with E-state index in [-0.39, 0.29) is 24.5 Å². The van der Waals surface area contributed by atoms with E-state index in [1.165, 1.54) is 7.11 Å². The molecule has 6 heteroatoms. The number of hydrogen-bond acceptors (Lipinski definition) is 3. The van der Waals surface area contributed by atoms with E-state index in [0.29, 0.717) is 0 Å². The van der Waals surface area contributed by atoms with Gasteiger partial charge in [-0.15, -0.1) is 0 Å². The Morgan fingerprint density at radius 3 is 2.50 bits per heavy atom. The number of methoxy groups -OCH3 is 1. The van der Waals surface area contributed by atoms with Crippen LogP contribution in [0.2, 0.25) is 0 Å². The minimum Gasteiger partial charge on any atom is -0.497 e. The van der Waals surface area contributed by atoms with Crippen LogP contribution >= 0.6 is 0 Å². The van der Waals surface area contributed by atoms with Crippen molar-refractivity contribution in [3.63, 3.8) is 0 Å². The molecule has 4 nitrogen and oxygen atoms in total. The molecule has 1 saturated heterocycles. The summed E-state index contributed by atoms with van der Waals surface area (Å²) in [6.45, 7) is -0.0396. The molecule has 1 N–H and O–H groups in total. The average molecular weight is 258 g/mol. The first-order valence-corrected chi connectivity index (χ1v) is 5.38. The van der Waals surface area contributed by atoms with Crippen molar-refractivity contribution in [1.29, 1.82) is 0 Å². The second kappa shape index (κ2) is 4.89. The molecule has 0 aromatic heterocycles. The van der Waals surface area contributed by atoms with Gasteiger partial charge in [-0.05, 0) is 0 Å². The topological polar surface area (TPSA) is 55.8 Å². The van der Waals surface area contributed by atoms with Crippen molar-refractivity contribution in [3.8, 4) is 5.75 Å². The van der Waals surface area contributed by atoms with E-state index in [4.69, 9.17) is 14.6 Å². The molecule has 1 aromatic carbocycles. The average Bonchev–Trinajstić information content (AvgIpc) is 2.77. The van der Waals surface area contributed by atoms with Gasteiger partial charge in [0.2, 0.25) is 0 Å².